The molecule has 2 aromatic rings. The van der Waals surface area contributed by atoms with Crippen molar-refractivity contribution in [1.29, 1.82) is 0 Å². The molecule has 2 aliphatic rings. The van der Waals surface area contributed by atoms with Crippen LogP contribution >= 0.6 is 22.7 Å². The Balaban J connectivity index is 0.000000166. The summed E-state index contributed by atoms with van der Waals surface area (Å²) in [7, 11) is 4.25. The van der Waals surface area contributed by atoms with Crippen molar-refractivity contribution < 1.29 is 4.79 Å². The van der Waals surface area contributed by atoms with E-state index < -0.39 is 0 Å². The van der Waals surface area contributed by atoms with Gasteiger partial charge in [-0.15, -0.1) is 0 Å². The number of hydrogen-bond acceptors (Lipinski definition) is 5. The molecule has 0 aromatic carbocycles. The molecule has 29 heavy (non-hydrogen) atoms. The van der Waals surface area contributed by atoms with Gasteiger partial charge in [0.15, 0.2) is 0 Å². The highest BCUT2D eigenvalue weighted by Gasteiger charge is 2.42. The molecule has 0 atom stereocenters. The third-order valence-electron chi connectivity index (χ3n) is 6.68. The molecule has 156 valence electrons. The Morgan fingerprint density at radius 3 is 1.83 bits per heavy atom. The van der Waals surface area contributed by atoms with Gasteiger partial charge in [0, 0.05) is 36.9 Å². The topological polar surface area (TPSA) is 27.9 Å². The van der Waals surface area contributed by atoms with Crippen LogP contribution in [0.5, 0.6) is 0 Å². The number of hydrogen-bond donors (Lipinski definition) is 0. The minimum atomic E-state index is -0.216. The fraction of sp³-hybridized carbons (Fsp3) is 0.565. The van der Waals surface area contributed by atoms with Crippen LogP contribution in [0, 0.1) is 6.57 Å². The van der Waals surface area contributed by atoms with Crippen LogP contribution in [0.1, 0.15) is 43.7 Å². The minimum absolute atomic E-state index is 0.188. The van der Waals surface area contributed by atoms with Gasteiger partial charge in [-0.05, 0) is 80.8 Å². The van der Waals surface area contributed by atoms with E-state index in [1.54, 1.807) is 29.6 Å². The van der Waals surface area contributed by atoms with Gasteiger partial charge >= 0.3 is 0 Å². The Hall–Kier alpha value is -1.52. The summed E-state index contributed by atoms with van der Waals surface area (Å²) < 4.78 is 0. The Labute approximate surface area is 183 Å². The quantitative estimate of drug-likeness (QED) is 0.650. The first-order valence-corrected chi connectivity index (χ1v) is 12.1. The Morgan fingerprint density at radius 1 is 0.931 bits per heavy atom. The molecule has 2 saturated heterocycles. The molecule has 2 aliphatic heterocycles. The predicted octanol–water partition coefficient (Wildman–Crippen LogP) is 4.89. The lowest BCUT2D eigenvalue weighted by molar-refractivity contribution is -0.124. The Kier molecular flexibility index (Phi) is 7.28. The van der Waals surface area contributed by atoms with E-state index >= 15 is 0 Å². The van der Waals surface area contributed by atoms with Crippen LogP contribution in [0.3, 0.4) is 0 Å². The summed E-state index contributed by atoms with van der Waals surface area (Å²) in [5.41, 5.74) is 2.05. The van der Waals surface area contributed by atoms with E-state index in [0.29, 0.717) is 5.78 Å². The van der Waals surface area contributed by atoms with Gasteiger partial charge in [0.05, 0.1) is 5.41 Å². The number of likely N-dealkylation sites (tertiary alicyclic amines) is 2. The zero-order valence-corrected chi connectivity index (χ0v) is 19.3. The van der Waals surface area contributed by atoms with E-state index in [9.17, 15) is 4.79 Å². The number of rotatable bonds is 3. The first kappa shape index (κ1) is 22.2. The van der Waals surface area contributed by atoms with E-state index in [0.717, 1.165) is 51.9 Å². The van der Waals surface area contributed by atoms with Gasteiger partial charge in [-0.2, -0.15) is 22.7 Å². The zero-order chi connectivity index (χ0) is 20.9. The lowest BCUT2D eigenvalue weighted by atomic mass is 9.71. The maximum atomic E-state index is 11.9. The van der Waals surface area contributed by atoms with E-state index in [-0.39, 0.29) is 11.0 Å². The highest BCUT2D eigenvalue weighted by Crippen LogP contribution is 2.38. The molecule has 2 aromatic heterocycles. The first-order chi connectivity index (χ1) is 13.9. The maximum absolute atomic E-state index is 11.9. The largest absolute Gasteiger partial charge is 0.306 e. The Morgan fingerprint density at radius 2 is 1.41 bits per heavy atom. The van der Waals surface area contributed by atoms with Crippen LogP contribution in [0.2, 0.25) is 0 Å². The fourth-order valence-electron chi connectivity index (χ4n) is 4.36. The van der Waals surface area contributed by atoms with Gasteiger partial charge in [-0.3, -0.25) is 4.79 Å². The number of ketones is 1. The second-order valence-corrected chi connectivity index (χ2v) is 9.97. The van der Waals surface area contributed by atoms with E-state index in [1.165, 1.54) is 11.1 Å². The van der Waals surface area contributed by atoms with E-state index in [2.05, 4.69) is 62.4 Å². The lowest BCUT2D eigenvalue weighted by Crippen LogP contribution is -2.45. The third-order valence-corrected chi connectivity index (χ3v) is 8.04. The first-order valence-electron chi connectivity index (χ1n) is 10.2. The molecular formula is C23H31N3OS2. The highest BCUT2D eigenvalue weighted by atomic mass is 32.1. The van der Waals surface area contributed by atoms with Crippen molar-refractivity contribution in [1.82, 2.24) is 9.80 Å². The van der Waals surface area contributed by atoms with Gasteiger partial charge in [0.1, 0.15) is 5.78 Å². The molecule has 4 heterocycles. The number of Topliss-reactive ketones (excluding diaryl/α,β-unsaturated/α-hetero) is 1. The van der Waals surface area contributed by atoms with Gasteiger partial charge in [-0.1, -0.05) is 0 Å². The standard InChI is InChI=1S/C12H17NOS.C11H14N2S/c1-10(14)12(11-3-8-15-9-11)4-6-13(2)7-5-12;1-12-11(10-3-8-14-9-10)4-6-13(2)7-5-11/h3,8-9H,4-7H2,1-2H3;3,8-9H,4-7H2,2H3. The zero-order valence-electron chi connectivity index (χ0n) is 17.7. The SMILES string of the molecule is CC(=O)C1(c2ccsc2)CCN(C)CC1.[C-]#[N+]C1(c2ccsc2)CCN(C)CC1. The minimum Gasteiger partial charge on any atom is -0.306 e. The smallest absolute Gasteiger partial charge is 0.260 e. The fourth-order valence-corrected chi connectivity index (χ4v) is 5.87. The summed E-state index contributed by atoms with van der Waals surface area (Å²) in [6, 6.07) is 4.21. The monoisotopic (exact) mass is 429 g/mol. The summed E-state index contributed by atoms with van der Waals surface area (Å²) in [5.74, 6) is 0.328. The van der Waals surface area contributed by atoms with Gasteiger partial charge in [-0.25, -0.2) is 6.57 Å². The van der Waals surface area contributed by atoms with Crippen LogP contribution in [0.25, 0.3) is 4.85 Å². The Bertz CT molecular complexity index is 807. The van der Waals surface area contributed by atoms with Crippen LogP contribution in [-0.4, -0.2) is 55.9 Å². The lowest BCUT2D eigenvalue weighted by Gasteiger charge is -2.38. The molecule has 0 amide bonds. The molecule has 0 saturated carbocycles. The summed E-state index contributed by atoms with van der Waals surface area (Å²) in [6.45, 7) is 13.3. The predicted molar refractivity (Wildman–Crippen MR) is 123 cm³/mol. The van der Waals surface area contributed by atoms with E-state index in [1.807, 2.05) is 0 Å². The average Bonchev–Trinajstić information content (AvgIpc) is 3.45. The molecule has 4 nitrogen and oxygen atoms in total. The third kappa shape index (κ3) is 4.80. The van der Waals surface area contributed by atoms with Crippen molar-refractivity contribution in [3.8, 4) is 0 Å². The van der Waals surface area contributed by atoms with Crippen molar-refractivity contribution in [3.63, 3.8) is 0 Å². The summed E-state index contributed by atoms with van der Waals surface area (Å²) in [4.78, 5) is 20.4. The number of piperidine rings is 2. The van der Waals surface area contributed by atoms with Crippen LogP contribution in [-0.2, 0) is 15.7 Å². The molecule has 6 heteroatoms. The molecule has 0 aliphatic carbocycles. The number of nitrogens with zero attached hydrogens (tertiary/aromatic N) is 3. The van der Waals surface area contributed by atoms with Crippen molar-refractivity contribution in [3.05, 3.63) is 56.2 Å². The van der Waals surface area contributed by atoms with Crippen molar-refractivity contribution in [2.45, 2.75) is 43.6 Å². The highest BCUT2D eigenvalue weighted by molar-refractivity contribution is 7.08. The molecule has 4 rings (SSSR count). The molecule has 0 unspecified atom stereocenters. The molecule has 0 bridgehead atoms. The molecule has 0 spiro atoms. The summed E-state index contributed by atoms with van der Waals surface area (Å²) in [5, 5.41) is 8.40. The van der Waals surface area contributed by atoms with Crippen LogP contribution in [0.15, 0.2) is 33.7 Å². The maximum Gasteiger partial charge on any atom is 0.260 e. The van der Waals surface area contributed by atoms with Crippen molar-refractivity contribution in [2.24, 2.45) is 0 Å². The molecule has 0 N–H and O–H groups in total. The van der Waals surface area contributed by atoms with Gasteiger partial charge in [0.25, 0.3) is 5.54 Å². The second kappa shape index (κ2) is 9.53. The number of carbonyl (C=O) groups is 1. The van der Waals surface area contributed by atoms with Gasteiger partial charge < -0.3 is 14.6 Å². The summed E-state index contributed by atoms with van der Waals surface area (Å²) >= 11 is 3.38. The van der Waals surface area contributed by atoms with Gasteiger partial charge in [0.2, 0.25) is 0 Å². The normalized spacial score (nSPS) is 21.6. The molecule has 2 fully saturated rings. The van der Waals surface area contributed by atoms with Crippen molar-refractivity contribution in [2.75, 3.05) is 40.3 Å². The average molecular weight is 430 g/mol. The number of carbonyl (C=O) groups excluding carboxylic acids is 1. The van der Waals surface area contributed by atoms with Crippen molar-refractivity contribution >= 4 is 28.5 Å². The summed E-state index contributed by atoms with van der Waals surface area (Å²) in [6.07, 6.45) is 3.89. The van der Waals surface area contributed by atoms with Crippen LogP contribution in [0.4, 0.5) is 0 Å². The number of thiophene rings is 2. The molecular weight excluding hydrogens is 398 g/mol. The second-order valence-electron chi connectivity index (χ2n) is 8.41. The molecule has 0 radical (unpaired) electrons. The van der Waals surface area contributed by atoms with E-state index in [4.69, 9.17) is 6.57 Å². The van der Waals surface area contributed by atoms with Crippen LogP contribution < -0.4 is 0 Å².